The van der Waals surface area contributed by atoms with Gasteiger partial charge >= 0.3 is 0 Å². The molecule has 1 unspecified atom stereocenters. The second-order valence-corrected chi connectivity index (χ2v) is 5.96. The second-order valence-electron chi connectivity index (χ2n) is 5.52. The van der Waals surface area contributed by atoms with Crippen molar-refractivity contribution in [1.29, 1.82) is 0 Å². The fraction of sp³-hybridized carbons (Fsp3) is 0.533. The quantitative estimate of drug-likeness (QED) is 0.726. The molecular weight excluding hydrogens is 290 g/mol. The maximum absolute atomic E-state index is 12.0. The molecule has 4 N–H and O–H groups in total. The zero-order valence-electron chi connectivity index (χ0n) is 12.0. The highest BCUT2D eigenvalue weighted by Gasteiger charge is 2.19. The van der Waals surface area contributed by atoms with E-state index in [1.165, 1.54) is 0 Å². The molecule has 1 atom stereocenters. The van der Waals surface area contributed by atoms with Crippen LogP contribution in [0.5, 0.6) is 0 Å². The third-order valence-electron chi connectivity index (χ3n) is 3.81. The van der Waals surface area contributed by atoms with E-state index in [1.54, 1.807) is 18.2 Å². The molecule has 1 heterocycles. The molecule has 0 saturated carbocycles. The maximum atomic E-state index is 12.0. The Morgan fingerprint density at radius 3 is 3.10 bits per heavy atom. The number of nitrogens with zero attached hydrogens (tertiary/aromatic N) is 1. The van der Waals surface area contributed by atoms with Crippen LogP contribution in [-0.2, 0) is 4.79 Å². The normalized spacial score (nSPS) is 19.4. The van der Waals surface area contributed by atoms with E-state index in [9.17, 15) is 9.90 Å². The number of anilines is 2. The van der Waals surface area contributed by atoms with E-state index in [-0.39, 0.29) is 12.5 Å². The molecule has 1 fully saturated rings. The molecule has 1 aliphatic rings. The highest BCUT2D eigenvalue weighted by molar-refractivity contribution is 6.31. The van der Waals surface area contributed by atoms with E-state index in [1.807, 2.05) is 0 Å². The van der Waals surface area contributed by atoms with Crippen LogP contribution in [0, 0.1) is 5.92 Å². The second kappa shape index (κ2) is 7.64. The number of aliphatic hydroxyl groups is 1. The first-order valence-electron chi connectivity index (χ1n) is 7.26. The van der Waals surface area contributed by atoms with Crippen molar-refractivity contribution < 1.29 is 9.90 Å². The third-order valence-corrected chi connectivity index (χ3v) is 4.04. The summed E-state index contributed by atoms with van der Waals surface area (Å²) in [5.74, 6) is 0.264. The summed E-state index contributed by atoms with van der Waals surface area (Å²) in [6.45, 7) is 2.77. The van der Waals surface area contributed by atoms with E-state index < -0.39 is 0 Å². The molecule has 1 aromatic rings. The van der Waals surface area contributed by atoms with Crippen LogP contribution in [0.4, 0.5) is 11.4 Å². The number of nitrogen functional groups attached to an aromatic ring is 1. The molecule has 2 rings (SSSR count). The molecule has 116 valence electrons. The van der Waals surface area contributed by atoms with Gasteiger partial charge in [0.15, 0.2) is 0 Å². The number of benzene rings is 1. The van der Waals surface area contributed by atoms with Gasteiger partial charge in [-0.1, -0.05) is 11.6 Å². The number of nitrogens with two attached hydrogens (primary N) is 1. The Kier molecular flexibility index (Phi) is 5.85. The fourth-order valence-electron chi connectivity index (χ4n) is 2.61. The summed E-state index contributed by atoms with van der Waals surface area (Å²) in [5.41, 5.74) is 6.86. The van der Waals surface area contributed by atoms with E-state index in [0.29, 0.717) is 35.3 Å². The number of amides is 1. The van der Waals surface area contributed by atoms with Crippen molar-refractivity contribution in [3.05, 3.63) is 23.2 Å². The largest absolute Gasteiger partial charge is 0.397 e. The number of rotatable bonds is 5. The van der Waals surface area contributed by atoms with E-state index in [2.05, 4.69) is 10.2 Å². The molecule has 1 aromatic carbocycles. The summed E-state index contributed by atoms with van der Waals surface area (Å²) in [6.07, 6.45) is 2.55. The lowest BCUT2D eigenvalue weighted by Crippen LogP contribution is -2.38. The Bertz CT molecular complexity index is 496. The van der Waals surface area contributed by atoms with Gasteiger partial charge < -0.3 is 21.1 Å². The van der Waals surface area contributed by atoms with Crippen molar-refractivity contribution in [2.24, 2.45) is 5.92 Å². The number of likely N-dealkylation sites (tertiary alicyclic amines) is 1. The molecular formula is C15H22ClN3O2. The first kappa shape index (κ1) is 16.1. The lowest BCUT2D eigenvalue weighted by atomic mass is 9.99. The molecule has 0 spiro atoms. The molecule has 5 nitrogen and oxygen atoms in total. The Hall–Kier alpha value is -1.30. The van der Waals surface area contributed by atoms with Crippen molar-refractivity contribution in [1.82, 2.24) is 4.90 Å². The van der Waals surface area contributed by atoms with Crippen LogP contribution in [-0.4, -0.2) is 42.2 Å². The first-order chi connectivity index (χ1) is 10.1. The van der Waals surface area contributed by atoms with Gasteiger partial charge in [-0.3, -0.25) is 4.79 Å². The van der Waals surface area contributed by atoms with Crippen LogP contribution in [0.1, 0.15) is 19.3 Å². The molecule has 0 bridgehead atoms. The van der Waals surface area contributed by atoms with Crippen molar-refractivity contribution in [2.75, 3.05) is 37.3 Å². The van der Waals surface area contributed by atoms with Crippen molar-refractivity contribution in [3.8, 4) is 0 Å². The first-order valence-corrected chi connectivity index (χ1v) is 7.64. The molecule has 1 saturated heterocycles. The number of carbonyl (C=O) groups excluding carboxylic acids is 1. The topological polar surface area (TPSA) is 78.6 Å². The highest BCUT2D eigenvalue weighted by Crippen LogP contribution is 2.23. The summed E-state index contributed by atoms with van der Waals surface area (Å²) in [5, 5.41) is 12.5. The molecule has 0 aliphatic carbocycles. The Morgan fingerprint density at radius 2 is 2.33 bits per heavy atom. The van der Waals surface area contributed by atoms with Crippen LogP contribution >= 0.6 is 11.6 Å². The van der Waals surface area contributed by atoms with Crippen LogP contribution in [0.15, 0.2) is 18.2 Å². The predicted octanol–water partition coefficient (Wildman–Crippen LogP) is 1.96. The van der Waals surface area contributed by atoms with Gasteiger partial charge in [0.1, 0.15) is 0 Å². The van der Waals surface area contributed by atoms with Gasteiger partial charge in [0, 0.05) is 31.1 Å². The van der Waals surface area contributed by atoms with Crippen molar-refractivity contribution in [2.45, 2.75) is 19.3 Å². The Morgan fingerprint density at radius 1 is 1.52 bits per heavy atom. The van der Waals surface area contributed by atoms with Gasteiger partial charge in [-0.05, 0) is 43.5 Å². The van der Waals surface area contributed by atoms with Gasteiger partial charge in [-0.15, -0.1) is 0 Å². The van der Waals surface area contributed by atoms with Crippen LogP contribution in [0.2, 0.25) is 5.02 Å². The average molecular weight is 312 g/mol. The molecule has 1 aliphatic heterocycles. The molecule has 0 aromatic heterocycles. The zero-order valence-corrected chi connectivity index (χ0v) is 12.8. The number of piperidine rings is 1. The SMILES string of the molecule is Nc1ccc(Cl)cc1NC(=O)CCN1CCCC(CO)C1. The Labute approximate surface area is 130 Å². The van der Waals surface area contributed by atoms with Gasteiger partial charge in [0.2, 0.25) is 5.91 Å². The third kappa shape index (κ3) is 4.88. The average Bonchev–Trinajstić information content (AvgIpc) is 2.49. The van der Waals surface area contributed by atoms with E-state index in [4.69, 9.17) is 17.3 Å². The van der Waals surface area contributed by atoms with Gasteiger partial charge in [0.05, 0.1) is 11.4 Å². The summed E-state index contributed by atoms with van der Waals surface area (Å²) in [6, 6.07) is 5.02. The van der Waals surface area contributed by atoms with Crippen molar-refractivity contribution >= 4 is 28.9 Å². The number of aliphatic hydroxyl groups excluding tert-OH is 1. The van der Waals surface area contributed by atoms with Crippen LogP contribution < -0.4 is 11.1 Å². The van der Waals surface area contributed by atoms with Gasteiger partial charge in [0.25, 0.3) is 0 Å². The van der Waals surface area contributed by atoms with Gasteiger partial charge in [-0.25, -0.2) is 0 Å². The lowest BCUT2D eigenvalue weighted by molar-refractivity contribution is -0.116. The van der Waals surface area contributed by atoms with Gasteiger partial charge in [-0.2, -0.15) is 0 Å². The number of halogens is 1. The zero-order chi connectivity index (χ0) is 15.2. The smallest absolute Gasteiger partial charge is 0.225 e. The minimum atomic E-state index is -0.0740. The summed E-state index contributed by atoms with van der Waals surface area (Å²) in [4.78, 5) is 14.2. The number of carbonyl (C=O) groups is 1. The fourth-order valence-corrected chi connectivity index (χ4v) is 2.78. The molecule has 21 heavy (non-hydrogen) atoms. The Balaban J connectivity index is 1.80. The highest BCUT2D eigenvalue weighted by atomic mass is 35.5. The van der Waals surface area contributed by atoms with Crippen LogP contribution in [0.3, 0.4) is 0 Å². The predicted molar refractivity (Wildman–Crippen MR) is 85.4 cm³/mol. The molecule has 0 radical (unpaired) electrons. The molecule has 1 amide bonds. The number of hydrogen-bond donors (Lipinski definition) is 3. The summed E-state index contributed by atoms with van der Waals surface area (Å²) in [7, 11) is 0. The monoisotopic (exact) mass is 311 g/mol. The molecule has 6 heteroatoms. The van der Waals surface area contributed by atoms with E-state index in [0.717, 1.165) is 25.9 Å². The number of hydrogen-bond acceptors (Lipinski definition) is 4. The summed E-state index contributed by atoms with van der Waals surface area (Å²) >= 11 is 5.89. The lowest BCUT2D eigenvalue weighted by Gasteiger charge is -2.31. The minimum Gasteiger partial charge on any atom is -0.397 e. The standard InChI is InChI=1S/C15H22ClN3O2/c16-12-3-4-13(17)14(8-12)18-15(21)5-7-19-6-1-2-11(9-19)10-20/h3-4,8,11,20H,1-2,5-7,9-10,17H2,(H,18,21). The number of nitrogens with one attached hydrogen (secondary N) is 1. The van der Waals surface area contributed by atoms with E-state index >= 15 is 0 Å². The maximum Gasteiger partial charge on any atom is 0.225 e. The summed E-state index contributed by atoms with van der Waals surface area (Å²) < 4.78 is 0. The minimum absolute atomic E-state index is 0.0740. The van der Waals surface area contributed by atoms with Crippen molar-refractivity contribution in [3.63, 3.8) is 0 Å². The van der Waals surface area contributed by atoms with Crippen LogP contribution in [0.25, 0.3) is 0 Å².